The standard InChI is InChI=1S/C19H16O3/c1-13-3-7-15(8-4-13)18-12-16(19(20)22-18)11-14-5-9-17(21-2)10-6-14/h3-12H,1-2H3/b16-11+. The number of hydrogen-bond acceptors (Lipinski definition) is 3. The van der Waals surface area contributed by atoms with Crippen LogP contribution in [0.5, 0.6) is 5.75 Å². The quantitative estimate of drug-likeness (QED) is 0.634. The average molecular weight is 292 g/mol. The Morgan fingerprint density at radius 1 is 1.00 bits per heavy atom. The molecule has 0 unspecified atom stereocenters. The van der Waals surface area contributed by atoms with E-state index in [4.69, 9.17) is 9.47 Å². The van der Waals surface area contributed by atoms with Gasteiger partial charge in [-0.2, -0.15) is 0 Å². The third-order valence-corrected chi connectivity index (χ3v) is 3.50. The molecule has 1 heterocycles. The van der Waals surface area contributed by atoms with Gasteiger partial charge in [-0.05, 0) is 36.8 Å². The highest BCUT2D eigenvalue weighted by Crippen LogP contribution is 2.27. The number of benzene rings is 2. The van der Waals surface area contributed by atoms with Crippen molar-refractivity contribution in [3.8, 4) is 5.75 Å². The van der Waals surface area contributed by atoms with Crippen LogP contribution in [-0.2, 0) is 9.53 Å². The van der Waals surface area contributed by atoms with Crippen molar-refractivity contribution in [3.05, 3.63) is 76.9 Å². The normalized spacial score (nSPS) is 15.6. The fraction of sp³-hybridized carbons (Fsp3) is 0.105. The topological polar surface area (TPSA) is 35.5 Å². The monoisotopic (exact) mass is 292 g/mol. The molecule has 0 aliphatic carbocycles. The first-order chi connectivity index (χ1) is 10.7. The summed E-state index contributed by atoms with van der Waals surface area (Å²) in [6, 6.07) is 15.4. The second-order valence-electron chi connectivity index (χ2n) is 5.14. The molecule has 2 aromatic carbocycles. The lowest BCUT2D eigenvalue weighted by atomic mass is 10.1. The van der Waals surface area contributed by atoms with Gasteiger partial charge in [0.2, 0.25) is 0 Å². The molecular formula is C19H16O3. The Labute approximate surface area is 129 Å². The van der Waals surface area contributed by atoms with E-state index in [9.17, 15) is 4.79 Å². The van der Waals surface area contributed by atoms with Gasteiger partial charge in [-0.15, -0.1) is 0 Å². The Bertz CT molecular complexity index is 750. The van der Waals surface area contributed by atoms with Crippen LogP contribution >= 0.6 is 0 Å². The average Bonchev–Trinajstić information content (AvgIpc) is 2.90. The van der Waals surface area contributed by atoms with Crippen molar-refractivity contribution < 1.29 is 14.3 Å². The summed E-state index contributed by atoms with van der Waals surface area (Å²) in [5, 5.41) is 0. The Hall–Kier alpha value is -2.81. The summed E-state index contributed by atoms with van der Waals surface area (Å²) in [6.45, 7) is 2.02. The van der Waals surface area contributed by atoms with Crippen LogP contribution in [0.4, 0.5) is 0 Å². The molecule has 22 heavy (non-hydrogen) atoms. The zero-order valence-electron chi connectivity index (χ0n) is 12.5. The molecule has 0 spiro atoms. The second-order valence-corrected chi connectivity index (χ2v) is 5.14. The highest BCUT2D eigenvalue weighted by Gasteiger charge is 2.21. The molecule has 0 saturated carbocycles. The number of ether oxygens (including phenoxy) is 2. The zero-order valence-corrected chi connectivity index (χ0v) is 12.5. The van der Waals surface area contributed by atoms with E-state index in [1.54, 1.807) is 13.2 Å². The minimum absolute atomic E-state index is 0.327. The molecule has 1 aliphatic heterocycles. The Morgan fingerprint density at radius 3 is 2.32 bits per heavy atom. The largest absolute Gasteiger partial charge is 0.497 e. The second kappa shape index (κ2) is 5.90. The van der Waals surface area contributed by atoms with Crippen molar-refractivity contribution in [3.63, 3.8) is 0 Å². The van der Waals surface area contributed by atoms with Gasteiger partial charge in [0.05, 0.1) is 12.7 Å². The number of carbonyl (C=O) groups excluding carboxylic acids is 1. The van der Waals surface area contributed by atoms with Gasteiger partial charge in [0.25, 0.3) is 0 Å². The lowest BCUT2D eigenvalue weighted by Gasteiger charge is -2.01. The van der Waals surface area contributed by atoms with E-state index in [1.807, 2.05) is 61.5 Å². The lowest BCUT2D eigenvalue weighted by molar-refractivity contribution is -0.130. The summed E-state index contributed by atoms with van der Waals surface area (Å²) in [4.78, 5) is 12.0. The molecule has 0 atom stereocenters. The van der Waals surface area contributed by atoms with Crippen molar-refractivity contribution in [2.24, 2.45) is 0 Å². The van der Waals surface area contributed by atoms with Crippen LogP contribution in [0.2, 0.25) is 0 Å². The van der Waals surface area contributed by atoms with Gasteiger partial charge in [0.1, 0.15) is 11.5 Å². The molecule has 3 rings (SSSR count). The summed E-state index contributed by atoms with van der Waals surface area (Å²) < 4.78 is 10.5. The number of esters is 1. The SMILES string of the molecule is COc1ccc(/C=C2\C=C(c3ccc(C)cc3)OC2=O)cc1. The molecule has 110 valence electrons. The van der Waals surface area contributed by atoms with Crippen molar-refractivity contribution in [2.45, 2.75) is 6.92 Å². The first-order valence-corrected chi connectivity index (χ1v) is 7.02. The summed E-state index contributed by atoms with van der Waals surface area (Å²) in [6.07, 6.45) is 3.58. The van der Waals surface area contributed by atoms with Crippen molar-refractivity contribution in [1.82, 2.24) is 0 Å². The number of hydrogen-bond donors (Lipinski definition) is 0. The first-order valence-electron chi connectivity index (χ1n) is 7.02. The Kier molecular flexibility index (Phi) is 3.79. The molecule has 1 aliphatic rings. The lowest BCUT2D eigenvalue weighted by Crippen LogP contribution is -1.97. The maximum atomic E-state index is 12.0. The van der Waals surface area contributed by atoms with Gasteiger partial charge in [-0.3, -0.25) is 0 Å². The molecule has 3 heteroatoms. The summed E-state index contributed by atoms with van der Waals surface area (Å²) >= 11 is 0. The molecule has 3 nitrogen and oxygen atoms in total. The van der Waals surface area contributed by atoms with Crippen LogP contribution in [0.3, 0.4) is 0 Å². The third kappa shape index (κ3) is 2.93. The zero-order chi connectivity index (χ0) is 15.5. The summed E-state index contributed by atoms with van der Waals surface area (Å²) in [5.41, 5.74) is 3.54. The maximum Gasteiger partial charge on any atom is 0.343 e. The van der Waals surface area contributed by atoms with Crippen LogP contribution in [0.1, 0.15) is 16.7 Å². The van der Waals surface area contributed by atoms with Gasteiger partial charge >= 0.3 is 5.97 Å². The molecule has 0 saturated heterocycles. The van der Waals surface area contributed by atoms with Crippen molar-refractivity contribution in [1.29, 1.82) is 0 Å². The fourth-order valence-electron chi connectivity index (χ4n) is 2.23. The Morgan fingerprint density at radius 2 is 1.68 bits per heavy atom. The molecule has 0 radical (unpaired) electrons. The van der Waals surface area contributed by atoms with Gasteiger partial charge in [-0.1, -0.05) is 42.0 Å². The number of methoxy groups -OCH3 is 1. The highest BCUT2D eigenvalue weighted by atomic mass is 16.5. The van der Waals surface area contributed by atoms with Gasteiger partial charge in [-0.25, -0.2) is 4.79 Å². The minimum atomic E-state index is -0.327. The first kappa shape index (κ1) is 14.1. The van der Waals surface area contributed by atoms with E-state index in [2.05, 4.69) is 0 Å². The van der Waals surface area contributed by atoms with Gasteiger partial charge < -0.3 is 9.47 Å². The van der Waals surface area contributed by atoms with E-state index in [0.29, 0.717) is 11.3 Å². The van der Waals surface area contributed by atoms with Crippen LogP contribution in [0.25, 0.3) is 11.8 Å². The maximum absolute atomic E-state index is 12.0. The summed E-state index contributed by atoms with van der Waals surface area (Å²) in [5.74, 6) is 1.04. The number of aryl methyl sites for hydroxylation is 1. The van der Waals surface area contributed by atoms with Crippen LogP contribution < -0.4 is 4.74 Å². The van der Waals surface area contributed by atoms with Gasteiger partial charge in [0, 0.05) is 5.56 Å². The van der Waals surface area contributed by atoms with E-state index < -0.39 is 0 Å². The highest BCUT2D eigenvalue weighted by molar-refractivity contribution is 6.05. The van der Waals surface area contributed by atoms with E-state index in [-0.39, 0.29) is 5.97 Å². The fourth-order valence-corrected chi connectivity index (χ4v) is 2.23. The molecule has 0 fully saturated rings. The minimum Gasteiger partial charge on any atom is -0.497 e. The Balaban J connectivity index is 1.88. The van der Waals surface area contributed by atoms with Crippen LogP contribution in [0.15, 0.2) is 60.2 Å². The van der Waals surface area contributed by atoms with Crippen LogP contribution in [0, 0.1) is 6.92 Å². The van der Waals surface area contributed by atoms with E-state index >= 15 is 0 Å². The number of rotatable bonds is 3. The smallest absolute Gasteiger partial charge is 0.343 e. The molecule has 2 aromatic rings. The van der Waals surface area contributed by atoms with E-state index in [0.717, 1.165) is 16.9 Å². The predicted octanol–water partition coefficient (Wildman–Crippen LogP) is 3.98. The molecule has 0 amide bonds. The van der Waals surface area contributed by atoms with Gasteiger partial charge in [0.15, 0.2) is 0 Å². The molecule has 0 bridgehead atoms. The molecular weight excluding hydrogens is 276 g/mol. The van der Waals surface area contributed by atoms with Crippen LogP contribution in [-0.4, -0.2) is 13.1 Å². The molecule has 0 N–H and O–H groups in total. The van der Waals surface area contributed by atoms with E-state index in [1.165, 1.54) is 5.56 Å². The van der Waals surface area contributed by atoms with Crippen molar-refractivity contribution >= 4 is 17.8 Å². The number of carbonyl (C=O) groups is 1. The number of cyclic esters (lactones) is 1. The third-order valence-electron chi connectivity index (χ3n) is 3.50. The van der Waals surface area contributed by atoms with Crippen molar-refractivity contribution in [2.75, 3.05) is 7.11 Å². The molecule has 0 aromatic heterocycles. The summed E-state index contributed by atoms with van der Waals surface area (Å²) in [7, 11) is 1.62. The predicted molar refractivity (Wildman–Crippen MR) is 86.2 cm³/mol.